The lowest BCUT2D eigenvalue weighted by atomic mass is 10.4. The first-order valence-electron chi connectivity index (χ1n) is 4.60. The van der Waals surface area contributed by atoms with E-state index in [1.807, 2.05) is 0 Å². The molecule has 0 spiro atoms. The van der Waals surface area contributed by atoms with Gasteiger partial charge < -0.3 is 14.9 Å². The number of aryl methyl sites for hydroxylation is 1. The number of hydrogen-bond donors (Lipinski definition) is 2. The summed E-state index contributed by atoms with van der Waals surface area (Å²) in [5.41, 5.74) is 0. The third kappa shape index (κ3) is 4.83. The van der Waals surface area contributed by atoms with Gasteiger partial charge in [-0.05, 0) is 6.92 Å². The molecule has 7 heteroatoms. The molecular weight excluding hydrogens is 232 g/mol. The molecule has 1 heterocycles. The number of aromatic nitrogens is 1. The molecule has 1 aromatic heterocycles. The molecule has 0 saturated heterocycles. The summed E-state index contributed by atoms with van der Waals surface area (Å²) in [5.74, 6) is 0.399. The van der Waals surface area contributed by atoms with Crippen LogP contribution in [0.4, 0.5) is 5.82 Å². The molecule has 0 aliphatic rings. The predicted molar refractivity (Wildman–Crippen MR) is 59.4 cm³/mol. The lowest BCUT2D eigenvalue weighted by Crippen LogP contribution is -2.12. The summed E-state index contributed by atoms with van der Waals surface area (Å²) < 4.78 is 4.77. The molecular formula is C9H12N2O4S. The van der Waals surface area contributed by atoms with Crippen LogP contribution < -0.4 is 5.32 Å². The van der Waals surface area contributed by atoms with Crippen molar-refractivity contribution < 1.29 is 19.2 Å². The van der Waals surface area contributed by atoms with Crippen molar-refractivity contribution in [2.45, 2.75) is 13.3 Å². The topological polar surface area (TPSA) is 92.4 Å². The van der Waals surface area contributed by atoms with Crippen LogP contribution in [0, 0.1) is 6.92 Å². The van der Waals surface area contributed by atoms with Gasteiger partial charge in [-0.1, -0.05) is 5.16 Å². The van der Waals surface area contributed by atoms with Crippen LogP contribution in [-0.4, -0.2) is 33.6 Å². The second kappa shape index (κ2) is 6.16. The highest BCUT2D eigenvalue weighted by atomic mass is 32.2. The maximum absolute atomic E-state index is 11.3. The van der Waals surface area contributed by atoms with E-state index in [4.69, 9.17) is 9.63 Å². The Morgan fingerprint density at radius 3 is 2.94 bits per heavy atom. The van der Waals surface area contributed by atoms with Gasteiger partial charge in [0.25, 0.3) is 0 Å². The van der Waals surface area contributed by atoms with Gasteiger partial charge in [-0.25, -0.2) is 0 Å². The summed E-state index contributed by atoms with van der Waals surface area (Å²) in [4.78, 5) is 21.5. The molecule has 16 heavy (non-hydrogen) atoms. The highest BCUT2D eigenvalue weighted by molar-refractivity contribution is 7.99. The fourth-order valence-corrected chi connectivity index (χ4v) is 1.60. The van der Waals surface area contributed by atoms with Gasteiger partial charge in [-0.2, -0.15) is 0 Å². The van der Waals surface area contributed by atoms with Crippen molar-refractivity contribution in [2.75, 3.05) is 16.8 Å². The van der Waals surface area contributed by atoms with Gasteiger partial charge >= 0.3 is 5.97 Å². The van der Waals surface area contributed by atoms with Gasteiger partial charge in [0.05, 0.1) is 5.75 Å². The maximum atomic E-state index is 11.3. The Labute approximate surface area is 96.4 Å². The Balaban J connectivity index is 2.18. The lowest BCUT2D eigenvalue weighted by molar-refractivity contribution is -0.134. The molecule has 0 fully saturated rings. The number of carbonyl (C=O) groups is 2. The summed E-state index contributed by atoms with van der Waals surface area (Å²) in [6.07, 6.45) is 0.254. The number of rotatable bonds is 6. The number of carboxylic acid groups (broad SMARTS) is 1. The van der Waals surface area contributed by atoms with Crippen LogP contribution >= 0.6 is 11.8 Å². The number of amides is 1. The largest absolute Gasteiger partial charge is 0.481 e. The summed E-state index contributed by atoms with van der Waals surface area (Å²) in [5, 5.41) is 14.5. The van der Waals surface area contributed by atoms with Gasteiger partial charge in [0.2, 0.25) is 5.91 Å². The highest BCUT2D eigenvalue weighted by Crippen LogP contribution is 2.08. The normalized spacial score (nSPS) is 10.1. The maximum Gasteiger partial charge on any atom is 0.313 e. The number of nitrogens with zero attached hydrogens (tertiary/aromatic N) is 1. The zero-order chi connectivity index (χ0) is 12.0. The van der Waals surface area contributed by atoms with Crippen LogP contribution in [0.1, 0.15) is 12.2 Å². The van der Waals surface area contributed by atoms with Gasteiger partial charge in [0.1, 0.15) is 5.76 Å². The van der Waals surface area contributed by atoms with Gasteiger partial charge in [0.15, 0.2) is 5.82 Å². The second-order valence-corrected chi connectivity index (χ2v) is 4.17. The van der Waals surface area contributed by atoms with Gasteiger partial charge in [-0.3, -0.25) is 9.59 Å². The Morgan fingerprint density at radius 1 is 1.62 bits per heavy atom. The van der Waals surface area contributed by atoms with Crippen LogP contribution in [-0.2, 0) is 9.59 Å². The van der Waals surface area contributed by atoms with Crippen molar-refractivity contribution in [3.05, 3.63) is 11.8 Å². The minimum atomic E-state index is -0.877. The SMILES string of the molecule is Cc1cc(NC(=O)CCSCC(=O)O)no1. The van der Waals surface area contributed by atoms with E-state index in [0.717, 1.165) is 0 Å². The van der Waals surface area contributed by atoms with Gasteiger partial charge in [0, 0.05) is 18.2 Å². The first kappa shape index (κ1) is 12.6. The van der Waals surface area contributed by atoms with Crippen LogP contribution in [0.2, 0.25) is 0 Å². The monoisotopic (exact) mass is 244 g/mol. The Hall–Kier alpha value is -1.50. The molecule has 0 radical (unpaired) electrons. The van der Waals surface area contributed by atoms with E-state index in [1.165, 1.54) is 11.8 Å². The smallest absolute Gasteiger partial charge is 0.313 e. The zero-order valence-electron chi connectivity index (χ0n) is 8.73. The van der Waals surface area contributed by atoms with E-state index in [1.54, 1.807) is 13.0 Å². The van der Waals surface area contributed by atoms with Crippen molar-refractivity contribution in [1.82, 2.24) is 5.16 Å². The molecule has 88 valence electrons. The highest BCUT2D eigenvalue weighted by Gasteiger charge is 2.06. The molecule has 0 aliphatic carbocycles. The van der Waals surface area contributed by atoms with Crippen molar-refractivity contribution >= 4 is 29.5 Å². The molecule has 0 saturated carbocycles. The Bertz CT molecular complexity index is 377. The minimum Gasteiger partial charge on any atom is -0.481 e. The molecule has 0 atom stereocenters. The molecule has 0 unspecified atom stereocenters. The molecule has 2 N–H and O–H groups in total. The minimum absolute atomic E-state index is 0.0103. The summed E-state index contributed by atoms with van der Waals surface area (Å²) in [7, 11) is 0. The fourth-order valence-electron chi connectivity index (χ4n) is 0.955. The van der Waals surface area contributed by atoms with Crippen LogP contribution in [0.15, 0.2) is 10.6 Å². The average Bonchev–Trinajstić information content (AvgIpc) is 2.58. The van der Waals surface area contributed by atoms with Crippen molar-refractivity contribution in [1.29, 1.82) is 0 Å². The van der Waals surface area contributed by atoms with Crippen LogP contribution in [0.5, 0.6) is 0 Å². The zero-order valence-corrected chi connectivity index (χ0v) is 9.54. The second-order valence-electron chi connectivity index (χ2n) is 3.07. The standard InChI is InChI=1S/C9H12N2O4S/c1-6-4-7(11-15-6)10-8(12)2-3-16-5-9(13)14/h4H,2-3,5H2,1H3,(H,13,14)(H,10,11,12). The lowest BCUT2D eigenvalue weighted by Gasteiger charge is -1.99. The van der Waals surface area contributed by atoms with Crippen molar-refractivity contribution in [3.8, 4) is 0 Å². The molecule has 0 aliphatic heterocycles. The van der Waals surface area contributed by atoms with Crippen molar-refractivity contribution in [3.63, 3.8) is 0 Å². The molecule has 1 amide bonds. The number of carbonyl (C=O) groups excluding carboxylic acids is 1. The van der Waals surface area contributed by atoms with E-state index < -0.39 is 5.97 Å². The summed E-state index contributed by atoms with van der Waals surface area (Å²) in [6, 6.07) is 1.61. The van der Waals surface area contributed by atoms with E-state index in [2.05, 4.69) is 10.5 Å². The number of nitrogens with one attached hydrogen (secondary N) is 1. The molecule has 0 aromatic carbocycles. The predicted octanol–water partition coefficient (Wildman–Crippen LogP) is 1.13. The Morgan fingerprint density at radius 2 is 2.38 bits per heavy atom. The number of anilines is 1. The number of hydrogen-bond acceptors (Lipinski definition) is 5. The fraction of sp³-hybridized carbons (Fsp3) is 0.444. The summed E-state index contributed by atoms with van der Waals surface area (Å²) >= 11 is 1.20. The molecule has 1 aromatic rings. The third-order valence-corrected chi connectivity index (χ3v) is 2.54. The first-order chi connectivity index (χ1) is 7.58. The molecule has 1 rings (SSSR count). The molecule has 0 bridgehead atoms. The summed E-state index contributed by atoms with van der Waals surface area (Å²) in [6.45, 7) is 1.73. The van der Waals surface area contributed by atoms with Crippen LogP contribution in [0.3, 0.4) is 0 Å². The van der Waals surface area contributed by atoms with E-state index >= 15 is 0 Å². The van der Waals surface area contributed by atoms with Crippen molar-refractivity contribution in [2.24, 2.45) is 0 Å². The van der Waals surface area contributed by atoms with E-state index in [-0.39, 0.29) is 18.1 Å². The van der Waals surface area contributed by atoms with E-state index in [0.29, 0.717) is 17.3 Å². The van der Waals surface area contributed by atoms with Crippen LogP contribution in [0.25, 0.3) is 0 Å². The number of carboxylic acids is 1. The quantitative estimate of drug-likeness (QED) is 0.729. The number of thioether (sulfide) groups is 1. The average molecular weight is 244 g/mol. The first-order valence-corrected chi connectivity index (χ1v) is 5.76. The molecule has 6 nitrogen and oxygen atoms in total. The Kier molecular flexibility index (Phi) is 4.84. The van der Waals surface area contributed by atoms with E-state index in [9.17, 15) is 9.59 Å². The van der Waals surface area contributed by atoms with Gasteiger partial charge in [-0.15, -0.1) is 11.8 Å². The number of aliphatic carboxylic acids is 1. The third-order valence-electron chi connectivity index (χ3n) is 1.59.